The summed E-state index contributed by atoms with van der Waals surface area (Å²) in [5, 5.41) is 0. The molecule has 0 aromatic heterocycles. The van der Waals surface area contributed by atoms with Gasteiger partial charge in [-0.15, -0.1) is 0 Å². The summed E-state index contributed by atoms with van der Waals surface area (Å²) >= 11 is 0. The lowest BCUT2D eigenvalue weighted by molar-refractivity contribution is -0.150. The van der Waals surface area contributed by atoms with E-state index < -0.39 is 24.2 Å². The van der Waals surface area contributed by atoms with Crippen LogP contribution in [0, 0.1) is 5.92 Å². The maximum absolute atomic E-state index is 13.8. The summed E-state index contributed by atoms with van der Waals surface area (Å²) in [6.45, 7) is 2.14. The van der Waals surface area contributed by atoms with E-state index in [1.165, 1.54) is 4.90 Å². The molecule has 0 aliphatic carbocycles. The Morgan fingerprint density at radius 3 is 2.64 bits per heavy atom. The molecule has 1 aromatic carbocycles. The van der Waals surface area contributed by atoms with E-state index in [1.54, 1.807) is 6.92 Å². The van der Waals surface area contributed by atoms with Crippen LogP contribution in [0.3, 0.4) is 0 Å². The number of rotatable bonds is 4. The largest absolute Gasteiger partial charge is 0.466 e. The molecule has 1 heterocycles. The van der Waals surface area contributed by atoms with Gasteiger partial charge in [0.25, 0.3) is 0 Å². The van der Waals surface area contributed by atoms with Crippen LogP contribution < -0.4 is 0 Å². The van der Waals surface area contributed by atoms with Crippen molar-refractivity contribution in [2.24, 2.45) is 5.92 Å². The van der Waals surface area contributed by atoms with Gasteiger partial charge in [0.05, 0.1) is 19.1 Å². The van der Waals surface area contributed by atoms with Crippen LogP contribution >= 0.6 is 0 Å². The van der Waals surface area contributed by atoms with Crippen LogP contribution in [-0.2, 0) is 20.9 Å². The van der Waals surface area contributed by atoms with Crippen molar-refractivity contribution in [2.75, 3.05) is 19.7 Å². The van der Waals surface area contributed by atoms with Crippen LogP contribution in [0.4, 0.5) is 9.18 Å². The van der Waals surface area contributed by atoms with Crippen LogP contribution in [0.1, 0.15) is 18.9 Å². The lowest BCUT2D eigenvalue weighted by atomic mass is 9.97. The fraction of sp³-hybridized carbons (Fsp3) is 0.500. The molecule has 0 N–H and O–H groups in total. The molecule has 22 heavy (non-hydrogen) atoms. The zero-order valence-electron chi connectivity index (χ0n) is 12.5. The van der Waals surface area contributed by atoms with Crippen LogP contribution in [0.5, 0.6) is 0 Å². The molecule has 0 spiro atoms. The minimum absolute atomic E-state index is 0.0521. The van der Waals surface area contributed by atoms with E-state index in [0.717, 1.165) is 5.56 Å². The number of alkyl halides is 1. The third-order valence-electron chi connectivity index (χ3n) is 3.48. The third kappa shape index (κ3) is 4.44. The summed E-state index contributed by atoms with van der Waals surface area (Å²) in [7, 11) is 0. The number of amides is 1. The van der Waals surface area contributed by atoms with Gasteiger partial charge in [-0.1, -0.05) is 30.3 Å². The van der Waals surface area contributed by atoms with Gasteiger partial charge in [-0.2, -0.15) is 0 Å². The molecule has 1 fully saturated rings. The van der Waals surface area contributed by atoms with Gasteiger partial charge < -0.3 is 14.4 Å². The standard InChI is InChI=1S/C16H20FNO4/c1-2-21-15(19)13-8-14(17)10-18(9-13)16(20)22-11-12-6-4-3-5-7-12/h3-7,13-14H,2,8-11H2,1H3/t13-,14+/m0/s1. The number of piperidine rings is 1. The van der Waals surface area contributed by atoms with Crippen molar-refractivity contribution < 1.29 is 23.5 Å². The molecule has 1 aromatic rings. The number of likely N-dealkylation sites (tertiary alicyclic amines) is 1. The molecule has 2 rings (SSSR count). The number of carbonyl (C=O) groups is 2. The van der Waals surface area contributed by atoms with Crippen molar-refractivity contribution in [3.63, 3.8) is 0 Å². The van der Waals surface area contributed by atoms with Crippen LogP contribution in [0.2, 0.25) is 0 Å². The number of carbonyl (C=O) groups excluding carboxylic acids is 2. The topological polar surface area (TPSA) is 55.8 Å². The third-order valence-corrected chi connectivity index (χ3v) is 3.48. The monoisotopic (exact) mass is 309 g/mol. The van der Waals surface area contributed by atoms with Crippen molar-refractivity contribution in [2.45, 2.75) is 26.1 Å². The number of esters is 1. The van der Waals surface area contributed by atoms with Gasteiger partial charge in [0.15, 0.2) is 0 Å². The first-order valence-corrected chi connectivity index (χ1v) is 7.36. The Morgan fingerprint density at radius 1 is 1.23 bits per heavy atom. The molecule has 6 heteroatoms. The molecule has 2 atom stereocenters. The van der Waals surface area contributed by atoms with E-state index in [1.807, 2.05) is 30.3 Å². The molecule has 1 saturated heterocycles. The minimum atomic E-state index is -1.24. The van der Waals surface area contributed by atoms with Crippen molar-refractivity contribution in [1.82, 2.24) is 4.90 Å². The van der Waals surface area contributed by atoms with E-state index in [2.05, 4.69) is 0 Å². The van der Waals surface area contributed by atoms with Gasteiger partial charge in [0.2, 0.25) is 0 Å². The van der Waals surface area contributed by atoms with Gasteiger partial charge in [-0.25, -0.2) is 9.18 Å². The highest BCUT2D eigenvalue weighted by Crippen LogP contribution is 2.21. The van der Waals surface area contributed by atoms with Crippen LogP contribution in [0.15, 0.2) is 30.3 Å². The summed E-state index contributed by atoms with van der Waals surface area (Å²) in [5.41, 5.74) is 0.853. The summed E-state index contributed by atoms with van der Waals surface area (Å²) in [6.07, 6.45) is -1.77. The lowest BCUT2D eigenvalue weighted by Gasteiger charge is -2.32. The maximum Gasteiger partial charge on any atom is 0.410 e. The number of nitrogens with zero attached hydrogens (tertiary/aromatic N) is 1. The Hall–Kier alpha value is -2.11. The van der Waals surface area contributed by atoms with Crippen molar-refractivity contribution >= 4 is 12.1 Å². The van der Waals surface area contributed by atoms with Gasteiger partial charge in [0, 0.05) is 6.54 Å². The average molecular weight is 309 g/mol. The van der Waals surface area contributed by atoms with Crippen molar-refractivity contribution in [3.8, 4) is 0 Å². The number of hydrogen-bond donors (Lipinski definition) is 0. The summed E-state index contributed by atoms with van der Waals surface area (Å²) < 4.78 is 23.8. The zero-order valence-corrected chi connectivity index (χ0v) is 12.5. The second-order valence-electron chi connectivity index (χ2n) is 5.23. The quantitative estimate of drug-likeness (QED) is 0.802. The molecule has 1 aliphatic rings. The SMILES string of the molecule is CCOC(=O)[C@H]1C[C@@H](F)CN(C(=O)OCc2ccccc2)C1. The Morgan fingerprint density at radius 2 is 1.95 bits per heavy atom. The highest BCUT2D eigenvalue weighted by Gasteiger charge is 2.35. The summed E-state index contributed by atoms with van der Waals surface area (Å²) in [5.74, 6) is -1.10. The highest BCUT2D eigenvalue weighted by molar-refractivity contribution is 5.75. The number of benzene rings is 1. The predicted molar refractivity (Wildman–Crippen MR) is 77.8 cm³/mol. The first-order chi connectivity index (χ1) is 10.6. The van der Waals surface area contributed by atoms with E-state index >= 15 is 0 Å². The second-order valence-corrected chi connectivity index (χ2v) is 5.23. The van der Waals surface area contributed by atoms with E-state index in [0.29, 0.717) is 0 Å². The Labute approximate surface area is 129 Å². The maximum atomic E-state index is 13.8. The average Bonchev–Trinajstić information content (AvgIpc) is 2.53. The second kappa shape index (κ2) is 7.77. The Kier molecular flexibility index (Phi) is 5.75. The van der Waals surface area contributed by atoms with Crippen molar-refractivity contribution in [1.29, 1.82) is 0 Å². The normalized spacial score (nSPS) is 21.3. The smallest absolute Gasteiger partial charge is 0.410 e. The fourth-order valence-corrected chi connectivity index (χ4v) is 2.43. The van der Waals surface area contributed by atoms with Gasteiger partial charge >= 0.3 is 12.1 Å². The van der Waals surface area contributed by atoms with Crippen molar-refractivity contribution in [3.05, 3.63) is 35.9 Å². The van der Waals surface area contributed by atoms with Crippen LogP contribution in [0.25, 0.3) is 0 Å². The summed E-state index contributed by atoms with van der Waals surface area (Å²) in [4.78, 5) is 25.0. The van der Waals surface area contributed by atoms with E-state index in [-0.39, 0.29) is 32.7 Å². The molecule has 5 nitrogen and oxygen atoms in total. The minimum Gasteiger partial charge on any atom is -0.466 e. The van der Waals surface area contributed by atoms with Gasteiger partial charge in [0.1, 0.15) is 12.8 Å². The molecule has 0 unspecified atom stereocenters. The fourth-order valence-electron chi connectivity index (χ4n) is 2.43. The summed E-state index contributed by atoms with van der Waals surface area (Å²) in [6, 6.07) is 9.23. The first-order valence-electron chi connectivity index (χ1n) is 7.36. The van der Waals surface area contributed by atoms with Gasteiger partial charge in [-0.05, 0) is 18.9 Å². The molecule has 1 aliphatic heterocycles. The van der Waals surface area contributed by atoms with Gasteiger partial charge in [-0.3, -0.25) is 4.79 Å². The zero-order chi connectivity index (χ0) is 15.9. The molecule has 0 bridgehead atoms. The molecule has 120 valence electrons. The number of halogens is 1. The highest BCUT2D eigenvalue weighted by atomic mass is 19.1. The molecule has 0 radical (unpaired) electrons. The molecule has 0 saturated carbocycles. The lowest BCUT2D eigenvalue weighted by Crippen LogP contribution is -2.47. The van der Waals surface area contributed by atoms with E-state index in [4.69, 9.17) is 9.47 Å². The van der Waals surface area contributed by atoms with Crippen LogP contribution in [-0.4, -0.2) is 42.8 Å². The first kappa shape index (κ1) is 16.3. The molecular weight excluding hydrogens is 289 g/mol. The Balaban J connectivity index is 1.89. The number of hydrogen-bond acceptors (Lipinski definition) is 4. The molecule has 1 amide bonds. The Bertz CT molecular complexity index is 508. The predicted octanol–water partition coefficient (Wildman–Crippen LogP) is 2.55. The number of ether oxygens (including phenoxy) is 2. The van der Waals surface area contributed by atoms with E-state index in [9.17, 15) is 14.0 Å². The molecular formula is C16H20FNO4.